The van der Waals surface area contributed by atoms with Crippen LogP contribution in [0.3, 0.4) is 0 Å². The van der Waals surface area contributed by atoms with Crippen molar-refractivity contribution in [1.82, 2.24) is 15.2 Å². The van der Waals surface area contributed by atoms with Gasteiger partial charge < -0.3 is 9.88 Å². The zero-order valence-corrected chi connectivity index (χ0v) is 26.9. The maximum Gasteiger partial charge on any atom is 0.104 e. The maximum absolute atomic E-state index is 9.62. The molecule has 1 aliphatic heterocycles. The summed E-state index contributed by atoms with van der Waals surface area (Å²) in [5.41, 5.74) is 13.9. The van der Waals surface area contributed by atoms with Gasteiger partial charge in [-0.3, -0.25) is 5.32 Å². The Hall–Kier alpha value is -5.89. The van der Waals surface area contributed by atoms with E-state index in [1.54, 1.807) is 0 Å². The van der Waals surface area contributed by atoms with E-state index in [1.807, 2.05) is 24.3 Å². The highest BCUT2D eigenvalue weighted by Crippen LogP contribution is 2.51. The molecule has 0 bridgehead atoms. The van der Waals surface area contributed by atoms with Gasteiger partial charge in [-0.25, -0.2) is 0 Å². The summed E-state index contributed by atoms with van der Waals surface area (Å²) in [5.74, 6) is 0. The number of nitriles is 1. The Balaban J connectivity index is 1.19. The highest BCUT2D eigenvalue weighted by atomic mass is 15.2. The van der Waals surface area contributed by atoms with Gasteiger partial charge in [0.25, 0.3) is 0 Å². The van der Waals surface area contributed by atoms with Gasteiger partial charge in [0.15, 0.2) is 0 Å². The molecule has 7 aromatic rings. The van der Waals surface area contributed by atoms with Crippen LogP contribution in [0.5, 0.6) is 0 Å². The first-order chi connectivity index (χ1) is 23.5. The molecule has 0 fully saturated rings. The number of benzene rings is 6. The van der Waals surface area contributed by atoms with Crippen LogP contribution in [-0.4, -0.2) is 4.57 Å². The van der Waals surface area contributed by atoms with Crippen molar-refractivity contribution in [3.63, 3.8) is 0 Å². The molecule has 0 amide bonds. The molecule has 230 valence electrons. The topological polar surface area (TPSA) is 52.8 Å². The lowest BCUT2D eigenvalue weighted by Crippen LogP contribution is -2.39. The van der Waals surface area contributed by atoms with Crippen LogP contribution in [0.4, 0.5) is 0 Å². The fraction of sp³-hybridized carbons (Fsp3) is 0.114. The number of fused-ring (bicyclic) bond motifs is 6. The van der Waals surface area contributed by atoms with Crippen molar-refractivity contribution >= 4 is 27.5 Å². The van der Waals surface area contributed by atoms with Crippen LogP contribution in [0.2, 0.25) is 0 Å². The standard InChI is InChI=1S/C44H34N4/c1-44(2)37-20-8-6-18-33(37)35-25-42-36(24-38(35)44)34-19-7-9-21-41(34)48(42)32-17-11-16-31(23-32)43-46-39(29-13-4-3-5-14-29)26-40(47-43)30-15-10-12-28(22-30)27-45/h3-26,40,43,46-47H,1-2H3. The first-order valence-electron chi connectivity index (χ1n) is 16.6. The third-order valence-electron chi connectivity index (χ3n) is 10.3. The number of nitrogens with one attached hydrogen (secondary N) is 2. The van der Waals surface area contributed by atoms with E-state index in [0.29, 0.717) is 5.56 Å². The third-order valence-corrected chi connectivity index (χ3v) is 10.3. The summed E-state index contributed by atoms with van der Waals surface area (Å²) in [6, 6.07) is 51.9. The number of aromatic nitrogens is 1. The molecule has 4 nitrogen and oxygen atoms in total. The molecule has 2 aliphatic rings. The van der Waals surface area contributed by atoms with E-state index in [9.17, 15) is 5.26 Å². The molecule has 1 aromatic heterocycles. The lowest BCUT2D eigenvalue weighted by molar-refractivity contribution is 0.442. The van der Waals surface area contributed by atoms with Crippen molar-refractivity contribution in [3.05, 3.63) is 179 Å². The fourth-order valence-electron chi connectivity index (χ4n) is 7.90. The summed E-state index contributed by atoms with van der Waals surface area (Å²) < 4.78 is 2.42. The first-order valence-corrected chi connectivity index (χ1v) is 16.6. The van der Waals surface area contributed by atoms with Crippen LogP contribution < -0.4 is 10.6 Å². The van der Waals surface area contributed by atoms with E-state index in [0.717, 1.165) is 28.1 Å². The number of nitrogens with zero attached hydrogens (tertiary/aromatic N) is 2. The zero-order valence-electron chi connectivity index (χ0n) is 26.9. The Bertz CT molecular complexity index is 2460. The van der Waals surface area contributed by atoms with Crippen LogP contribution in [0, 0.1) is 11.3 Å². The van der Waals surface area contributed by atoms with Gasteiger partial charge >= 0.3 is 0 Å². The largest absolute Gasteiger partial charge is 0.366 e. The lowest BCUT2D eigenvalue weighted by atomic mass is 9.82. The molecule has 6 aromatic carbocycles. The molecule has 48 heavy (non-hydrogen) atoms. The summed E-state index contributed by atoms with van der Waals surface area (Å²) in [4.78, 5) is 0. The number of hydrogen-bond donors (Lipinski definition) is 2. The molecule has 2 N–H and O–H groups in total. The van der Waals surface area contributed by atoms with Gasteiger partial charge in [-0.2, -0.15) is 5.26 Å². The van der Waals surface area contributed by atoms with E-state index in [-0.39, 0.29) is 17.6 Å². The minimum atomic E-state index is -0.161. The van der Waals surface area contributed by atoms with Gasteiger partial charge in [-0.1, -0.05) is 111 Å². The molecule has 0 saturated heterocycles. The van der Waals surface area contributed by atoms with Gasteiger partial charge in [0.05, 0.1) is 28.7 Å². The lowest BCUT2D eigenvalue weighted by Gasteiger charge is -2.33. The van der Waals surface area contributed by atoms with Crippen LogP contribution in [0.25, 0.3) is 44.3 Å². The summed E-state index contributed by atoms with van der Waals surface area (Å²) >= 11 is 0. The second-order valence-electron chi connectivity index (χ2n) is 13.4. The first kappa shape index (κ1) is 28.3. The average Bonchev–Trinajstić information content (AvgIpc) is 3.59. The highest BCUT2D eigenvalue weighted by Gasteiger charge is 2.36. The fourth-order valence-corrected chi connectivity index (χ4v) is 7.90. The summed E-state index contributed by atoms with van der Waals surface area (Å²) in [7, 11) is 0. The van der Waals surface area contributed by atoms with Gasteiger partial charge in [0.1, 0.15) is 6.17 Å². The summed E-state index contributed by atoms with van der Waals surface area (Å²) in [6.45, 7) is 4.69. The molecule has 2 heterocycles. The Morgan fingerprint density at radius 1 is 0.646 bits per heavy atom. The predicted octanol–water partition coefficient (Wildman–Crippen LogP) is 9.94. The minimum Gasteiger partial charge on any atom is -0.366 e. The van der Waals surface area contributed by atoms with Crippen molar-refractivity contribution in [1.29, 1.82) is 5.26 Å². The van der Waals surface area contributed by atoms with Gasteiger partial charge in [0.2, 0.25) is 0 Å². The second kappa shape index (κ2) is 10.8. The zero-order chi connectivity index (χ0) is 32.4. The van der Waals surface area contributed by atoms with Crippen LogP contribution >= 0.6 is 0 Å². The summed E-state index contributed by atoms with van der Waals surface area (Å²) in [6.07, 6.45) is 2.06. The molecular weight excluding hydrogens is 585 g/mol. The van der Waals surface area contributed by atoms with E-state index in [2.05, 4.69) is 156 Å². The van der Waals surface area contributed by atoms with E-state index >= 15 is 0 Å². The molecule has 0 radical (unpaired) electrons. The van der Waals surface area contributed by atoms with Crippen LogP contribution in [0.15, 0.2) is 146 Å². The quantitative estimate of drug-likeness (QED) is 0.206. The molecule has 0 saturated carbocycles. The highest BCUT2D eigenvalue weighted by molar-refractivity contribution is 6.11. The van der Waals surface area contributed by atoms with Crippen molar-refractivity contribution in [2.24, 2.45) is 0 Å². The smallest absolute Gasteiger partial charge is 0.104 e. The van der Waals surface area contributed by atoms with E-state index in [4.69, 9.17) is 0 Å². The summed E-state index contributed by atoms with van der Waals surface area (Å²) in [5, 5.41) is 19.8. The van der Waals surface area contributed by atoms with Gasteiger partial charge in [-0.15, -0.1) is 0 Å². The SMILES string of the molecule is CC1(C)c2ccccc2-c2cc3c(cc21)c1ccccc1n3-c1cccc(C2NC(c3ccccc3)=CC(c3cccc(C#N)c3)N2)c1. The Morgan fingerprint density at radius 2 is 1.42 bits per heavy atom. The minimum absolute atomic E-state index is 0.0607. The molecule has 9 rings (SSSR count). The number of rotatable bonds is 4. The Kier molecular flexibility index (Phi) is 6.40. The number of hydrogen-bond acceptors (Lipinski definition) is 3. The molecule has 2 unspecified atom stereocenters. The van der Waals surface area contributed by atoms with Crippen LogP contribution in [-0.2, 0) is 5.41 Å². The predicted molar refractivity (Wildman–Crippen MR) is 196 cm³/mol. The van der Waals surface area contributed by atoms with E-state index in [1.165, 1.54) is 44.1 Å². The Labute approximate surface area is 280 Å². The van der Waals surface area contributed by atoms with Crippen LogP contribution in [0.1, 0.15) is 59.4 Å². The average molecular weight is 619 g/mol. The third kappa shape index (κ3) is 4.40. The monoisotopic (exact) mass is 618 g/mol. The van der Waals surface area contributed by atoms with Crippen molar-refractivity contribution in [2.45, 2.75) is 31.5 Å². The molecule has 1 aliphatic carbocycles. The van der Waals surface area contributed by atoms with E-state index < -0.39 is 0 Å². The molecule has 4 heteroatoms. The van der Waals surface area contributed by atoms with Gasteiger partial charge in [-0.05, 0) is 87.5 Å². The van der Waals surface area contributed by atoms with Crippen molar-refractivity contribution in [2.75, 3.05) is 0 Å². The molecule has 0 spiro atoms. The second-order valence-corrected chi connectivity index (χ2v) is 13.4. The van der Waals surface area contributed by atoms with Crippen molar-refractivity contribution < 1.29 is 0 Å². The van der Waals surface area contributed by atoms with Crippen molar-refractivity contribution in [3.8, 4) is 22.9 Å². The Morgan fingerprint density at radius 3 is 2.29 bits per heavy atom. The maximum atomic E-state index is 9.62. The molecular formula is C44H34N4. The molecule has 2 atom stereocenters. The van der Waals surface area contributed by atoms with Gasteiger partial charge in [0, 0.05) is 27.6 Å². The normalized spacial score (nSPS) is 17.7. The number of para-hydroxylation sites is 1.